The number of hydrogen-bond acceptors (Lipinski definition) is 7. The van der Waals surface area contributed by atoms with Crippen molar-refractivity contribution in [3.05, 3.63) is 49.7 Å². The van der Waals surface area contributed by atoms with Gasteiger partial charge in [-0.2, -0.15) is 0 Å². The molecule has 25 heavy (non-hydrogen) atoms. The summed E-state index contributed by atoms with van der Waals surface area (Å²) < 4.78 is 5.74. The van der Waals surface area contributed by atoms with Gasteiger partial charge < -0.3 is 9.84 Å². The highest BCUT2D eigenvalue weighted by Gasteiger charge is 2.38. The van der Waals surface area contributed by atoms with Crippen LogP contribution in [0.2, 0.25) is 0 Å². The summed E-state index contributed by atoms with van der Waals surface area (Å²) in [5.74, 6) is -1.40. The number of hydrogen-bond donors (Lipinski definition) is 2. The third kappa shape index (κ3) is 4.00. The first-order chi connectivity index (χ1) is 12.0. The van der Waals surface area contributed by atoms with Gasteiger partial charge in [0.15, 0.2) is 12.4 Å². The Labute approximate surface area is 159 Å². The van der Waals surface area contributed by atoms with E-state index in [0.29, 0.717) is 20.1 Å². The van der Waals surface area contributed by atoms with Crippen molar-refractivity contribution in [2.24, 2.45) is 0 Å². The predicted octanol–water partition coefficient (Wildman–Crippen LogP) is 3.79. The molecule has 2 heterocycles. The number of ketones is 1. The number of carboxylic acids is 1. The van der Waals surface area contributed by atoms with Crippen LogP contribution in [0.1, 0.15) is 16.5 Å². The van der Waals surface area contributed by atoms with E-state index in [2.05, 4.69) is 20.9 Å². The van der Waals surface area contributed by atoms with Crippen molar-refractivity contribution >= 4 is 61.9 Å². The van der Waals surface area contributed by atoms with Crippen LogP contribution in [0.25, 0.3) is 6.08 Å². The van der Waals surface area contributed by atoms with Gasteiger partial charge in [0, 0.05) is 11.6 Å². The zero-order chi connectivity index (χ0) is 18.0. The molecule has 1 aliphatic heterocycles. The number of thioether (sulfide) groups is 1. The van der Waals surface area contributed by atoms with Crippen molar-refractivity contribution in [3.63, 3.8) is 0 Å². The number of allylic oxidation sites excluding steroid dienone is 1. The number of rotatable bonds is 5. The van der Waals surface area contributed by atoms with Crippen LogP contribution >= 0.6 is 39.0 Å². The van der Waals surface area contributed by atoms with Crippen LogP contribution in [-0.4, -0.2) is 33.5 Å². The maximum Gasteiger partial charge on any atom is 0.341 e. The highest BCUT2D eigenvalue weighted by Crippen LogP contribution is 2.41. The minimum absolute atomic E-state index is 0.132. The summed E-state index contributed by atoms with van der Waals surface area (Å²) in [5, 5.41) is 19.4. The number of halogens is 1. The van der Waals surface area contributed by atoms with Crippen LogP contribution in [0.3, 0.4) is 0 Å². The molecule has 6 nitrogen and oxygen atoms in total. The molecule has 1 aromatic heterocycles. The van der Waals surface area contributed by atoms with Gasteiger partial charge in [-0.1, -0.05) is 17.8 Å². The van der Waals surface area contributed by atoms with Gasteiger partial charge in [0.1, 0.15) is 16.7 Å². The maximum atomic E-state index is 12.6. The largest absolute Gasteiger partial charge is 0.481 e. The van der Waals surface area contributed by atoms with Crippen LogP contribution in [0.4, 0.5) is 0 Å². The average molecular weight is 439 g/mol. The van der Waals surface area contributed by atoms with E-state index in [4.69, 9.17) is 15.3 Å². The number of ether oxygens (including phenoxy) is 1. The number of thiazole rings is 1. The molecule has 1 fully saturated rings. The molecule has 9 heteroatoms. The van der Waals surface area contributed by atoms with Gasteiger partial charge >= 0.3 is 5.97 Å². The standard InChI is InChI=1S/C16H11BrN2O4S2/c17-9-5-8(1-2-10(9)23-7-12(20)21)6-11-14(22)13(15(18)25-11)16-19-3-4-24-16/h1-6,13,18H,7H2,(H,20,21)/b11-6-,18-15?/t13-/m1/s1. The zero-order valence-corrected chi connectivity index (χ0v) is 15.8. The normalized spacial score (nSPS) is 18.8. The average Bonchev–Trinajstić information content (AvgIpc) is 3.15. The Morgan fingerprint density at radius 3 is 2.92 bits per heavy atom. The molecule has 1 aliphatic rings. The molecule has 0 radical (unpaired) electrons. The summed E-state index contributed by atoms with van der Waals surface area (Å²) in [5.41, 5.74) is 0.748. The molecule has 3 rings (SSSR count). The third-order valence-corrected chi connectivity index (χ3v) is 5.75. The zero-order valence-electron chi connectivity index (χ0n) is 12.6. The van der Waals surface area contributed by atoms with Crippen molar-refractivity contribution < 1.29 is 19.4 Å². The summed E-state index contributed by atoms with van der Waals surface area (Å²) in [6, 6.07) is 5.09. The van der Waals surface area contributed by atoms with Crippen LogP contribution in [-0.2, 0) is 9.59 Å². The second kappa shape index (κ2) is 7.51. The van der Waals surface area contributed by atoms with Gasteiger partial charge in [0.05, 0.1) is 14.4 Å². The molecule has 1 atom stereocenters. The van der Waals surface area contributed by atoms with Crippen LogP contribution in [0.15, 0.2) is 39.2 Å². The molecule has 0 bridgehead atoms. The molecular formula is C16H11BrN2O4S2. The SMILES string of the molecule is N=C1S/C(=C\c2ccc(OCC(=O)O)c(Br)c2)C(=O)[C@H]1c1nccs1. The number of nitrogens with one attached hydrogen (secondary N) is 1. The number of carboxylic acid groups (broad SMARTS) is 1. The Hall–Kier alpha value is -1.97. The second-order valence-corrected chi connectivity index (χ2v) is 7.88. The Kier molecular flexibility index (Phi) is 5.36. The lowest BCUT2D eigenvalue weighted by Gasteiger charge is -2.06. The van der Waals surface area contributed by atoms with E-state index in [1.807, 2.05) is 0 Å². The van der Waals surface area contributed by atoms with Crippen molar-refractivity contribution in [1.82, 2.24) is 4.98 Å². The summed E-state index contributed by atoms with van der Waals surface area (Å²) in [6.45, 7) is -0.431. The Balaban J connectivity index is 1.81. The monoisotopic (exact) mass is 438 g/mol. The molecule has 0 amide bonds. The van der Waals surface area contributed by atoms with Gasteiger partial charge in [0.2, 0.25) is 0 Å². The fraction of sp³-hybridized carbons (Fsp3) is 0.125. The topological polar surface area (TPSA) is 100 Å². The molecule has 0 spiro atoms. The van der Waals surface area contributed by atoms with Crippen LogP contribution in [0.5, 0.6) is 5.75 Å². The third-order valence-electron chi connectivity index (χ3n) is 3.29. The maximum absolute atomic E-state index is 12.6. The molecule has 2 N–H and O–H groups in total. The first-order valence-corrected chi connectivity index (χ1v) is 9.50. The van der Waals surface area contributed by atoms with E-state index < -0.39 is 18.5 Å². The highest BCUT2D eigenvalue weighted by atomic mass is 79.9. The van der Waals surface area contributed by atoms with E-state index in [0.717, 1.165) is 17.3 Å². The van der Waals surface area contributed by atoms with E-state index in [1.165, 1.54) is 11.3 Å². The lowest BCUT2D eigenvalue weighted by atomic mass is 10.1. The quantitative estimate of drug-likeness (QED) is 0.688. The number of aliphatic carboxylic acids is 1. The first-order valence-electron chi connectivity index (χ1n) is 7.01. The van der Waals surface area contributed by atoms with Crippen molar-refractivity contribution in [3.8, 4) is 5.75 Å². The van der Waals surface area contributed by atoms with Gasteiger partial charge in [-0.3, -0.25) is 10.2 Å². The lowest BCUT2D eigenvalue weighted by Crippen LogP contribution is -2.11. The number of carbonyl (C=O) groups excluding carboxylic acids is 1. The smallest absolute Gasteiger partial charge is 0.341 e. The summed E-state index contributed by atoms with van der Waals surface area (Å²) in [4.78, 5) is 27.8. The molecule has 1 aromatic carbocycles. The fourth-order valence-electron chi connectivity index (χ4n) is 2.21. The number of aromatic nitrogens is 1. The number of nitrogens with zero attached hydrogens (tertiary/aromatic N) is 1. The Morgan fingerprint density at radius 1 is 1.48 bits per heavy atom. The summed E-state index contributed by atoms with van der Waals surface area (Å²) >= 11 is 5.83. The van der Waals surface area contributed by atoms with Gasteiger partial charge in [-0.05, 0) is 39.7 Å². The van der Waals surface area contributed by atoms with E-state index in [9.17, 15) is 9.59 Å². The number of benzene rings is 1. The van der Waals surface area contributed by atoms with Crippen molar-refractivity contribution in [2.75, 3.05) is 6.61 Å². The minimum Gasteiger partial charge on any atom is -0.481 e. The minimum atomic E-state index is -1.06. The molecule has 2 aromatic rings. The predicted molar refractivity (Wildman–Crippen MR) is 100 cm³/mol. The first kappa shape index (κ1) is 17.8. The second-order valence-electron chi connectivity index (χ2n) is 5.01. The van der Waals surface area contributed by atoms with E-state index in [1.54, 1.807) is 35.9 Å². The number of Topliss-reactive ketones (excluding diaryl/α,β-unsaturated/α-hetero) is 1. The van der Waals surface area contributed by atoms with Crippen LogP contribution in [0, 0.1) is 5.41 Å². The van der Waals surface area contributed by atoms with Gasteiger partial charge in [-0.15, -0.1) is 11.3 Å². The van der Waals surface area contributed by atoms with Gasteiger partial charge in [0.25, 0.3) is 0 Å². The molecule has 1 saturated heterocycles. The molecule has 0 unspecified atom stereocenters. The van der Waals surface area contributed by atoms with Crippen molar-refractivity contribution in [2.45, 2.75) is 5.92 Å². The van der Waals surface area contributed by atoms with Gasteiger partial charge in [-0.25, -0.2) is 9.78 Å². The molecular weight excluding hydrogens is 428 g/mol. The summed E-state index contributed by atoms with van der Waals surface area (Å²) in [6.07, 6.45) is 3.33. The van der Waals surface area contributed by atoms with E-state index >= 15 is 0 Å². The van der Waals surface area contributed by atoms with E-state index in [-0.39, 0.29) is 10.8 Å². The fourth-order valence-corrected chi connectivity index (χ4v) is 4.52. The Bertz CT molecular complexity index is 880. The highest BCUT2D eigenvalue weighted by molar-refractivity contribution is 9.10. The molecule has 0 aliphatic carbocycles. The Morgan fingerprint density at radius 2 is 2.28 bits per heavy atom. The molecule has 128 valence electrons. The van der Waals surface area contributed by atoms with Crippen molar-refractivity contribution in [1.29, 1.82) is 5.41 Å². The molecule has 0 saturated carbocycles. The number of carbonyl (C=O) groups is 2. The van der Waals surface area contributed by atoms with Crippen LogP contribution < -0.4 is 4.74 Å². The summed E-state index contributed by atoms with van der Waals surface area (Å²) in [7, 11) is 0. The lowest BCUT2D eigenvalue weighted by molar-refractivity contribution is -0.139.